The van der Waals surface area contributed by atoms with Gasteiger partial charge in [-0.3, -0.25) is 4.79 Å². The summed E-state index contributed by atoms with van der Waals surface area (Å²) in [6.45, 7) is 10.1. The maximum atomic E-state index is 12.7. The monoisotopic (exact) mass is 815 g/mol. The number of hydrogen-bond acceptors (Lipinski definition) is 13. The summed E-state index contributed by atoms with van der Waals surface area (Å²) >= 11 is 6.66. The van der Waals surface area contributed by atoms with Crippen LogP contribution in [0.3, 0.4) is 0 Å². The molecule has 2 aromatic heterocycles. The fourth-order valence-electron chi connectivity index (χ4n) is 5.56. The minimum Gasteiger partial charge on any atom is -0.382 e. The first kappa shape index (κ1) is 45.9. The van der Waals surface area contributed by atoms with Gasteiger partial charge in [0.15, 0.2) is 5.15 Å². The lowest BCUT2D eigenvalue weighted by molar-refractivity contribution is -0.122. The molecular weight excluding hydrogens is 758 g/mol. The van der Waals surface area contributed by atoms with Crippen molar-refractivity contribution in [1.29, 1.82) is 0 Å². The van der Waals surface area contributed by atoms with Crippen LogP contribution in [-0.4, -0.2) is 142 Å². The molecule has 0 atom stereocenters. The fourth-order valence-corrected chi connectivity index (χ4v) is 5.83. The summed E-state index contributed by atoms with van der Waals surface area (Å²) in [5, 5.41) is 17.9. The molecule has 1 amide bonds. The normalized spacial score (nSPS) is 11.4. The minimum absolute atomic E-state index is 0.133. The number of carbonyl (C=O) groups is 1. The van der Waals surface area contributed by atoms with Crippen molar-refractivity contribution in [2.45, 2.75) is 45.7 Å². The van der Waals surface area contributed by atoms with Gasteiger partial charge in [0.1, 0.15) is 5.82 Å². The molecule has 16 nitrogen and oxygen atoms in total. The molecule has 57 heavy (non-hydrogen) atoms. The highest BCUT2D eigenvalue weighted by atomic mass is 35.5. The largest absolute Gasteiger partial charge is 0.382 e. The number of amides is 1. The number of tetrazole rings is 1. The molecule has 2 aromatic carbocycles. The number of benzene rings is 2. The van der Waals surface area contributed by atoms with Gasteiger partial charge in [0.25, 0.3) is 0 Å². The molecule has 0 spiro atoms. The Labute approximate surface area is 340 Å². The molecule has 0 saturated carbocycles. The summed E-state index contributed by atoms with van der Waals surface area (Å²) in [4.78, 5) is 17.4. The van der Waals surface area contributed by atoms with E-state index < -0.39 is 0 Å². The topological polar surface area (TPSA) is 175 Å². The first-order chi connectivity index (χ1) is 28.1. The van der Waals surface area contributed by atoms with Gasteiger partial charge in [-0.1, -0.05) is 73.5 Å². The Hall–Kier alpha value is -3.84. The third-order valence-electron chi connectivity index (χ3n) is 8.57. The number of rotatable bonds is 33. The summed E-state index contributed by atoms with van der Waals surface area (Å²) in [5.74, 6) is 1.31. The Morgan fingerprint density at radius 3 is 1.81 bits per heavy atom. The van der Waals surface area contributed by atoms with E-state index in [-0.39, 0.29) is 25.5 Å². The number of nitrogens with zero attached hydrogens (tertiary/aromatic N) is 5. The Balaban J connectivity index is 1.05. The van der Waals surface area contributed by atoms with Gasteiger partial charge in [-0.15, -0.1) is 10.2 Å². The number of ether oxygens (including phenoxy) is 8. The van der Waals surface area contributed by atoms with Crippen LogP contribution in [0.2, 0.25) is 5.15 Å². The molecule has 2 N–H and O–H groups in total. The zero-order valence-electron chi connectivity index (χ0n) is 33.3. The number of methoxy groups -OCH3 is 1. The second-order valence-corrected chi connectivity index (χ2v) is 13.1. The second-order valence-electron chi connectivity index (χ2n) is 12.7. The number of aromatic amines is 1. The number of halogens is 1. The molecule has 4 rings (SSSR count). The maximum absolute atomic E-state index is 12.7. The Morgan fingerprint density at radius 2 is 1.28 bits per heavy atom. The number of aryl methyl sites for hydroxylation is 1. The van der Waals surface area contributed by atoms with Crippen molar-refractivity contribution in [2.24, 2.45) is 0 Å². The summed E-state index contributed by atoms with van der Waals surface area (Å²) in [6, 6.07) is 16.3. The molecule has 2 heterocycles. The van der Waals surface area contributed by atoms with Crippen molar-refractivity contribution < 1.29 is 42.7 Å². The van der Waals surface area contributed by atoms with Gasteiger partial charge < -0.3 is 47.8 Å². The van der Waals surface area contributed by atoms with Gasteiger partial charge in [-0.05, 0) is 28.3 Å². The summed E-state index contributed by atoms with van der Waals surface area (Å²) in [7, 11) is 1.64. The number of H-pyrrole nitrogens is 1. The third-order valence-corrected chi connectivity index (χ3v) is 8.87. The van der Waals surface area contributed by atoms with Gasteiger partial charge in [0.05, 0.1) is 111 Å². The minimum atomic E-state index is -0.133. The molecule has 0 aliphatic rings. The number of unbranched alkanes of at least 4 members (excludes halogenated alkanes) is 1. The quantitative estimate of drug-likeness (QED) is 0.0642. The highest BCUT2D eigenvalue weighted by Crippen LogP contribution is 2.30. The molecule has 0 saturated heterocycles. The number of hydrogen-bond donors (Lipinski definition) is 2. The van der Waals surface area contributed by atoms with Crippen molar-refractivity contribution in [1.82, 2.24) is 35.5 Å². The molecule has 17 heteroatoms. The van der Waals surface area contributed by atoms with E-state index in [1.807, 2.05) is 24.3 Å². The van der Waals surface area contributed by atoms with Crippen molar-refractivity contribution in [3.05, 3.63) is 70.8 Å². The van der Waals surface area contributed by atoms with Crippen LogP contribution in [0.5, 0.6) is 0 Å². The Kier molecular flexibility index (Phi) is 23.0. The SMILES string of the molecule is CCCCc1nc(Cl)c(CNC(=O)CCOCCOCCOCCOCCOCCOCCOCCOC)n1Cc1ccc(-c2ccccc2-c2nn[nH]n2)cc1. The highest BCUT2D eigenvalue weighted by molar-refractivity contribution is 6.30. The number of aromatic nitrogens is 6. The zero-order chi connectivity index (χ0) is 40.2. The van der Waals surface area contributed by atoms with E-state index in [0.717, 1.165) is 53.0 Å². The third kappa shape index (κ3) is 17.7. The van der Waals surface area contributed by atoms with Crippen LogP contribution in [-0.2, 0) is 62.2 Å². The fraction of sp³-hybridized carbons (Fsp3) is 0.575. The van der Waals surface area contributed by atoms with Gasteiger partial charge >= 0.3 is 0 Å². The molecule has 314 valence electrons. The summed E-state index contributed by atoms with van der Waals surface area (Å²) < 4.78 is 45.4. The van der Waals surface area contributed by atoms with Crippen molar-refractivity contribution in [2.75, 3.05) is 106 Å². The predicted molar refractivity (Wildman–Crippen MR) is 214 cm³/mol. The van der Waals surface area contributed by atoms with Crippen molar-refractivity contribution in [3.8, 4) is 22.5 Å². The van der Waals surface area contributed by atoms with Gasteiger partial charge in [0, 0.05) is 32.1 Å². The second kappa shape index (κ2) is 28.5. The highest BCUT2D eigenvalue weighted by Gasteiger charge is 2.18. The van der Waals surface area contributed by atoms with Crippen LogP contribution >= 0.6 is 11.6 Å². The lowest BCUT2D eigenvalue weighted by atomic mass is 9.98. The number of nitrogens with one attached hydrogen (secondary N) is 2. The van der Waals surface area contributed by atoms with E-state index in [9.17, 15) is 4.79 Å². The average Bonchev–Trinajstić information content (AvgIpc) is 3.87. The van der Waals surface area contributed by atoms with Gasteiger partial charge in [-0.25, -0.2) is 4.98 Å². The smallest absolute Gasteiger partial charge is 0.222 e. The molecule has 0 aliphatic heterocycles. The van der Waals surface area contributed by atoms with Gasteiger partial charge in [-0.2, -0.15) is 5.21 Å². The van der Waals surface area contributed by atoms with Crippen molar-refractivity contribution >= 4 is 17.5 Å². The van der Waals surface area contributed by atoms with Crippen LogP contribution in [0, 0.1) is 0 Å². The van der Waals surface area contributed by atoms with Crippen LogP contribution in [0.25, 0.3) is 22.5 Å². The van der Waals surface area contributed by atoms with Crippen LogP contribution in [0.1, 0.15) is 43.3 Å². The lowest BCUT2D eigenvalue weighted by Gasteiger charge is -2.14. The molecule has 4 aromatic rings. The van der Waals surface area contributed by atoms with Gasteiger partial charge in [0.2, 0.25) is 11.7 Å². The van der Waals surface area contributed by atoms with E-state index in [1.165, 1.54) is 0 Å². The molecular formula is C40H58ClN7O9. The summed E-state index contributed by atoms with van der Waals surface area (Å²) in [5.41, 5.74) is 4.80. The number of carbonyl (C=O) groups excluding carboxylic acids is 1. The first-order valence-corrected chi connectivity index (χ1v) is 19.9. The van der Waals surface area contributed by atoms with Crippen LogP contribution < -0.4 is 5.32 Å². The maximum Gasteiger partial charge on any atom is 0.222 e. The summed E-state index contributed by atoms with van der Waals surface area (Å²) in [6.07, 6.45) is 3.02. The molecule has 0 aliphatic carbocycles. The van der Waals surface area contributed by atoms with E-state index in [2.05, 4.69) is 66.7 Å². The van der Waals surface area contributed by atoms with E-state index in [0.29, 0.717) is 110 Å². The van der Waals surface area contributed by atoms with E-state index in [4.69, 9.17) is 49.5 Å². The zero-order valence-corrected chi connectivity index (χ0v) is 34.0. The van der Waals surface area contributed by atoms with E-state index in [1.54, 1.807) is 7.11 Å². The molecule has 0 fully saturated rings. The predicted octanol–water partition coefficient (Wildman–Crippen LogP) is 4.54. The standard InChI is InChI=1S/C40H58ClN7O9/c1-3-4-9-37-43-39(41)36(48(37)31-32-10-12-33(13-11-32)34-7-5-6-8-35(34)40-44-46-47-45-40)30-42-38(49)14-15-51-18-19-53-22-23-55-26-27-57-29-28-56-25-24-54-21-20-52-17-16-50-2/h5-8,10-13H,3-4,9,14-31H2,1-2H3,(H,42,49)(H,44,45,46,47). The van der Waals surface area contributed by atoms with Crippen molar-refractivity contribution in [3.63, 3.8) is 0 Å². The Morgan fingerprint density at radius 1 is 0.737 bits per heavy atom. The van der Waals surface area contributed by atoms with E-state index >= 15 is 0 Å². The molecule has 0 bridgehead atoms. The first-order valence-electron chi connectivity index (χ1n) is 19.6. The average molecular weight is 816 g/mol. The molecule has 0 radical (unpaired) electrons. The van der Waals surface area contributed by atoms with Crippen LogP contribution in [0.4, 0.5) is 0 Å². The van der Waals surface area contributed by atoms with Crippen LogP contribution in [0.15, 0.2) is 48.5 Å². The number of imidazole rings is 1. The Bertz CT molecular complexity index is 1640. The molecule has 0 unspecified atom stereocenters. The lowest BCUT2D eigenvalue weighted by Crippen LogP contribution is -2.26.